The summed E-state index contributed by atoms with van der Waals surface area (Å²) >= 11 is 3.49. The highest BCUT2D eigenvalue weighted by molar-refractivity contribution is 9.10. The van der Waals surface area contributed by atoms with E-state index in [-0.39, 0.29) is 11.4 Å². The Labute approximate surface area is 117 Å². The van der Waals surface area contributed by atoms with Crippen LogP contribution in [0.1, 0.15) is 38.7 Å². The molecule has 1 saturated carbocycles. The Bertz CT molecular complexity index is 435. The fourth-order valence-electron chi connectivity index (χ4n) is 3.08. The normalized spacial score (nSPS) is 32.5. The van der Waals surface area contributed by atoms with Crippen LogP contribution >= 0.6 is 15.9 Å². The van der Waals surface area contributed by atoms with Gasteiger partial charge in [0.25, 0.3) is 0 Å². The zero-order chi connectivity index (χ0) is 13.3. The Morgan fingerprint density at radius 2 is 2.17 bits per heavy atom. The van der Waals surface area contributed by atoms with Crippen molar-refractivity contribution in [2.75, 3.05) is 0 Å². The number of benzene rings is 1. The zero-order valence-corrected chi connectivity index (χ0v) is 12.6. The van der Waals surface area contributed by atoms with E-state index in [4.69, 9.17) is 5.73 Å². The topological polar surface area (TPSA) is 26.0 Å². The van der Waals surface area contributed by atoms with Crippen molar-refractivity contribution < 1.29 is 4.39 Å². The third-order valence-electron chi connectivity index (χ3n) is 4.59. The van der Waals surface area contributed by atoms with Crippen LogP contribution in [-0.4, -0.2) is 5.54 Å². The molecule has 0 spiro atoms. The van der Waals surface area contributed by atoms with E-state index in [1.165, 1.54) is 18.9 Å². The van der Waals surface area contributed by atoms with E-state index in [1.54, 1.807) is 12.1 Å². The molecule has 2 N–H and O–H groups in total. The van der Waals surface area contributed by atoms with Crippen LogP contribution in [0.15, 0.2) is 22.7 Å². The van der Waals surface area contributed by atoms with E-state index in [9.17, 15) is 4.39 Å². The molecule has 0 saturated heterocycles. The number of nitrogens with two attached hydrogens (primary N) is 1. The van der Waals surface area contributed by atoms with Crippen LogP contribution in [0.3, 0.4) is 0 Å². The van der Waals surface area contributed by atoms with Crippen LogP contribution in [0.2, 0.25) is 0 Å². The van der Waals surface area contributed by atoms with Gasteiger partial charge in [-0.05, 0) is 48.4 Å². The maximum Gasteiger partial charge on any atom is 0.123 e. The largest absolute Gasteiger partial charge is 0.325 e. The lowest BCUT2D eigenvalue weighted by Gasteiger charge is -2.43. The van der Waals surface area contributed by atoms with Crippen molar-refractivity contribution in [3.63, 3.8) is 0 Å². The van der Waals surface area contributed by atoms with Crippen molar-refractivity contribution in [3.8, 4) is 0 Å². The van der Waals surface area contributed by atoms with Gasteiger partial charge in [0.2, 0.25) is 0 Å². The zero-order valence-electron chi connectivity index (χ0n) is 11.0. The lowest BCUT2D eigenvalue weighted by atomic mass is 9.66. The molecule has 0 aromatic heterocycles. The fourth-order valence-corrected chi connectivity index (χ4v) is 3.47. The molecule has 0 heterocycles. The highest BCUT2D eigenvalue weighted by Crippen LogP contribution is 2.39. The first kappa shape index (κ1) is 14.0. The molecule has 0 aliphatic heterocycles. The monoisotopic (exact) mass is 313 g/mol. The molecule has 0 radical (unpaired) electrons. The molecule has 1 nitrogen and oxygen atoms in total. The van der Waals surface area contributed by atoms with Gasteiger partial charge in [0.05, 0.1) is 0 Å². The molecule has 2 rings (SSSR count). The van der Waals surface area contributed by atoms with Crippen LogP contribution < -0.4 is 5.73 Å². The van der Waals surface area contributed by atoms with Crippen LogP contribution in [-0.2, 0) is 6.42 Å². The smallest absolute Gasteiger partial charge is 0.123 e. The third kappa shape index (κ3) is 2.77. The third-order valence-corrected chi connectivity index (χ3v) is 5.36. The molecule has 1 aromatic rings. The Morgan fingerprint density at radius 1 is 1.44 bits per heavy atom. The summed E-state index contributed by atoms with van der Waals surface area (Å²) in [6.07, 6.45) is 4.21. The summed E-state index contributed by atoms with van der Waals surface area (Å²) in [5.74, 6) is 0.936. The van der Waals surface area contributed by atoms with E-state index >= 15 is 0 Å². The van der Waals surface area contributed by atoms with Gasteiger partial charge in [-0.1, -0.05) is 42.6 Å². The predicted octanol–water partition coefficient (Wildman–Crippen LogP) is 4.28. The van der Waals surface area contributed by atoms with Gasteiger partial charge in [-0.15, -0.1) is 0 Å². The van der Waals surface area contributed by atoms with Crippen LogP contribution in [0.4, 0.5) is 4.39 Å². The SMILES string of the molecule is CC1CCCC(N)(Cc2cc(F)ccc2Br)C1C. The summed E-state index contributed by atoms with van der Waals surface area (Å²) < 4.78 is 14.3. The second kappa shape index (κ2) is 5.30. The standard InChI is InChI=1S/C15H21BrFN/c1-10-4-3-7-15(18,11(10)2)9-12-8-13(17)5-6-14(12)16/h5-6,8,10-11H,3-4,7,9,18H2,1-2H3. The average molecular weight is 314 g/mol. The molecule has 1 fully saturated rings. The Kier molecular flexibility index (Phi) is 4.12. The van der Waals surface area contributed by atoms with Crippen LogP contribution in [0.5, 0.6) is 0 Å². The molecular formula is C15H21BrFN. The highest BCUT2D eigenvalue weighted by Gasteiger charge is 2.38. The Morgan fingerprint density at radius 3 is 2.89 bits per heavy atom. The quantitative estimate of drug-likeness (QED) is 0.866. The molecule has 18 heavy (non-hydrogen) atoms. The van der Waals surface area contributed by atoms with Crippen molar-refractivity contribution in [2.45, 2.75) is 45.1 Å². The van der Waals surface area contributed by atoms with E-state index < -0.39 is 0 Å². The van der Waals surface area contributed by atoms with Crippen LogP contribution in [0, 0.1) is 17.7 Å². The van der Waals surface area contributed by atoms with Gasteiger partial charge < -0.3 is 5.73 Å². The first-order valence-corrected chi connectivity index (χ1v) is 7.44. The average Bonchev–Trinajstić information content (AvgIpc) is 2.31. The van der Waals surface area contributed by atoms with E-state index in [0.29, 0.717) is 11.8 Å². The molecule has 3 unspecified atom stereocenters. The van der Waals surface area contributed by atoms with Crippen molar-refractivity contribution in [1.29, 1.82) is 0 Å². The number of halogens is 2. The van der Waals surface area contributed by atoms with Gasteiger partial charge in [0.15, 0.2) is 0 Å². The molecule has 0 amide bonds. The van der Waals surface area contributed by atoms with Gasteiger partial charge in [0.1, 0.15) is 5.82 Å². The molecule has 0 bridgehead atoms. The summed E-state index contributed by atoms with van der Waals surface area (Å²) in [5.41, 5.74) is 7.38. The van der Waals surface area contributed by atoms with Gasteiger partial charge >= 0.3 is 0 Å². The fraction of sp³-hybridized carbons (Fsp3) is 0.600. The van der Waals surface area contributed by atoms with Crippen molar-refractivity contribution in [1.82, 2.24) is 0 Å². The summed E-state index contributed by atoms with van der Waals surface area (Å²) in [6.45, 7) is 4.50. The summed E-state index contributed by atoms with van der Waals surface area (Å²) in [6, 6.07) is 4.85. The molecule has 1 aliphatic rings. The minimum atomic E-state index is -0.200. The Balaban J connectivity index is 2.23. The van der Waals surface area contributed by atoms with Crippen molar-refractivity contribution in [2.24, 2.45) is 17.6 Å². The summed E-state index contributed by atoms with van der Waals surface area (Å²) in [4.78, 5) is 0. The maximum absolute atomic E-state index is 13.3. The van der Waals surface area contributed by atoms with Gasteiger partial charge in [-0.2, -0.15) is 0 Å². The molecule has 100 valence electrons. The lowest BCUT2D eigenvalue weighted by Crippen LogP contribution is -2.52. The van der Waals surface area contributed by atoms with Gasteiger partial charge in [0, 0.05) is 10.0 Å². The lowest BCUT2D eigenvalue weighted by molar-refractivity contribution is 0.143. The first-order valence-electron chi connectivity index (χ1n) is 6.65. The molecule has 3 heteroatoms. The van der Waals surface area contributed by atoms with Crippen molar-refractivity contribution in [3.05, 3.63) is 34.1 Å². The first-order chi connectivity index (χ1) is 8.42. The van der Waals surface area contributed by atoms with Gasteiger partial charge in [-0.3, -0.25) is 0 Å². The summed E-state index contributed by atoms with van der Waals surface area (Å²) in [5, 5.41) is 0. The van der Waals surface area contributed by atoms with Crippen LogP contribution in [0.25, 0.3) is 0 Å². The number of hydrogen-bond donors (Lipinski definition) is 1. The van der Waals surface area contributed by atoms with E-state index in [2.05, 4.69) is 29.8 Å². The molecular weight excluding hydrogens is 293 g/mol. The predicted molar refractivity (Wildman–Crippen MR) is 76.9 cm³/mol. The van der Waals surface area contributed by atoms with E-state index in [0.717, 1.165) is 22.9 Å². The van der Waals surface area contributed by atoms with E-state index in [1.807, 2.05) is 0 Å². The molecule has 1 aliphatic carbocycles. The van der Waals surface area contributed by atoms with Crippen molar-refractivity contribution >= 4 is 15.9 Å². The Hall–Kier alpha value is -0.410. The number of hydrogen-bond acceptors (Lipinski definition) is 1. The minimum Gasteiger partial charge on any atom is -0.325 e. The van der Waals surface area contributed by atoms with Gasteiger partial charge in [-0.25, -0.2) is 4.39 Å². The minimum absolute atomic E-state index is 0.187. The second-order valence-electron chi connectivity index (χ2n) is 5.80. The molecule has 1 aromatic carbocycles. The highest BCUT2D eigenvalue weighted by atomic mass is 79.9. The second-order valence-corrected chi connectivity index (χ2v) is 6.66. The summed E-state index contributed by atoms with van der Waals surface area (Å²) in [7, 11) is 0. The maximum atomic E-state index is 13.3. The number of rotatable bonds is 2. The molecule has 3 atom stereocenters.